The van der Waals surface area contributed by atoms with Crippen molar-refractivity contribution in [1.82, 2.24) is 5.32 Å². The third kappa shape index (κ3) is 5.09. The Labute approximate surface area is 120 Å². The van der Waals surface area contributed by atoms with E-state index >= 15 is 0 Å². The fraction of sp³-hybridized carbons (Fsp3) is 0.533. The molecule has 0 heterocycles. The van der Waals surface area contributed by atoms with E-state index < -0.39 is 0 Å². The Kier molecular flexibility index (Phi) is 6.87. The number of carbonyl (C=O) groups excluding carboxylic acids is 1. The quantitative estimate of drug-likeness (QED) is 0.565. The third-order valence-electron chi connectivity index (χ3n) is 2.56. The SMILES string of the molecule is CCOc1c(N)cccc1C(=O)NCCOCC(C)C. The topological polar surface area (TPSA) is 73.6 Å². The van der Waals surface area contributed by atoms with Crippen molar-refractivity contribution in [1.29, 1.82) is 0 Å². The van der Waals surface area contributed by atoms with E-state index in [1.807, 2.05) is 6.92 Å². The van der Waals surface area contributed by atoms with Crippen LogP contribution in [0.25, 0.3) is 0 Å². The van der Waals surface area contributed by atoms with E-state index in [-0.39, 0.29) is 5.91 Å². The van der Waals surface area contributed by atoms with Gasteiger partial charge in [0.15, 0.2) is 5.75 Å². The molecule has 20 heavy (non-hydrogen) atoms. The van der Waals surface area contributed by atoms with Crippen molar-refractivity contribution < 1.29 is 14.3 Å². The Morgan fingerprint density at radius 3 is 2.80 bits per heavy atom. The Hall–Kier alpha value is -1.75. The smallest absolute Gasteiger partial charge is 0.255 e. The highest BCUT2D eigenvalue weighted by molar-refractivity contribution is 5.98. The van der Waals surface area contributed by atoms with Crippen molar-refractivity contribution in [3.05, 3.63) is 23.8 Å². The van der Waals surface area contributed by atoms with Crippen molar-refractivity contribution in [2.45, 2.75) is 20.8 Å². The molecule has 0 aliphatic heterocycles. The van der Waals surface area contributed by atoms with E-state index in [1.54, 1.807) is 18.2 Å². The average Bonchev–Trinajstić information content (AvgIpc) is 2.40. The molecular formula is C15H24N2O3. The molecule has 0 saturated heterocycles. The number of hydrogen-bond donors (Lipinski definition) is 2. The highest BCUT2D eigenvalue weighted by atomic mass is 16.5. The molecule has 5 heteroatoms. The molecule has 1 aromatic rings. The van der Waals surface area contributed by atoms with Gasteiger partial charge in [-0.2, -0.15) is 0 Å². The summed E-state index contributed by atoms with van der Waals surface area (Å²) in [6.45, 7) is 8.14. The Morgan fingerprint density at radius 2 is 2.15 bits per heavy atom. The number of para-hydroxylation sites is 1. The standard InChI is InChI=1S/C15H24N2O3/c1-4-20-14-12(6-5-7-13(14)16)15(18)17-8-9-19-10-11(2)3/h5-7,11H,4,8-10,16H2,1-3H3,(H,17,18). The van der Waals surface area contributed by atoms with Gasteiger partial charge >= 0.3 is 0 Å². The molecule has 1 amide bonds. The number of benzene rings is 1. The lowest BCUT2D eigenvalue weighted by Gasteiger charge is -2.13. The second-order valence-electron chi connectivity index (χ2n) is 4.88. The number of ether oxygens (including phenoxy) is 2. The number of nitrogens with two attached hydrogens (primary N) is 1. The average molecular weight is 280 g/mol. The van der Waals surface area contributed by atoms with E-state index in [2.05, 4.69) is 19.2 Å². The number of rotatable bonds is 8. The predicted molar refractivity (Wildman–Crippen MR) is 80.0 cm³/mol. The molecule has 112 valence electrons. The summed E-state index contributed by atoms with van der Waals surface area (Å²) in [7, 11) is 0. The molecule has 0 radical (unpaired) electrons. The third-order valence-corrected chi connectivity index (χ3v) is 2.56. The molecule has 5 nitrogen and oxygen atoms in total. The maximum Gasteiger partial charge on any atom is 0.255 e. The second kappa shape index (κ2) is 8.43. The van der Waals surface area contributed by atoms with Crippen molar-refractivity contribution in [3.8, 4) is 5.75 Å². The maximum atomic E-state index is 12.1. The number of anilines is 1. The maximum absolute atomic E-state index is 12.1. The molecule has 0 aromatic heterocycles. The highest BCUT2D eigenvalue weighted by Gasteiger charge is 2.14. The molecule has 0 unspecified atom stereocenters. The Morgan fingerprint density at radius 1 is 1.40 bits per heavy atom. The Bertz CT molecular complexity index is 433. The monoisotopic (exact) mass is 280 g/mol. The van der Waals surface area contributed by atoms with Crippen LogP contribution in [0.5, 0.6) is 5.75 Å². The zero-order valence-corrected chi connectivity index (χ0v) is 12.4. The lowest BCUT2D eigenvalue weighted by Crippen LogP contribution is -2.28. The van der Waals surface area contributed by atoms with Crippen LogP contribution in [0.1, 0.15) is 31.1 Å². The summed E-state index contributed by atoms with van der Waals surface area (Å²) in [6, 6.07) is 5.15. The fourth-order valence-electron chi connectivity index (χ4n) is 1.69. The number of carbonyl (C=O) groups is 1. The van der Waals surface area contributed by atoms with Crippen LogP contribution in [0, 0.1) is 5.92 Å². The number of amides is 1. The molecule has 3 N–H and O–H groups in total. The normalized spacial score (nSPS) is 10.6. The molecule has 1 rings (SSSR count). The summed E-state index contributed by atoms with van der Waals surface area (Å²) < 4.78 is 10.8. The second-order valence-corrected chi connectivity index (χ2v) is 4.88. The molecule has 0 aliphatic rings. The lowest BCUT2D eigenvalue weighted by atomic mass is 10.1. The molecule has 0 aliphatic carbocycles. The molecule has 0 atom stereocenters. The minimum absolute atomic E-state index is 0.200. The van der Waals surface area contributed by atoms with E-state index in [9.17, 15) is 4.79 Å². The van der Waals surface area contributed by atoms with Crippen LogP contribution in [-0.4, -0.2) is 32.3 Å². The minimum atomic E-state index is -0.200. The number of nitrogen functional groups attached to an aromatic ring is 1. The van der Waals surface area contributed by atoms with Crippen LogP contribution < -0.4 is 15.8 Å². The van der Waals surface area contributed by atoms with E-state index in [0.717, 1.165) is 0 Å². The van der Waals surface area contributed by atoms with E-state index in [0.29, 0.717) is 49.3 Å². The molecule has 0 spiro atoms. The van der Waals surface area contributed by atoms with Crippen molar-refractivity contribution >= 4 is 11.6 Å². The van der Waals surface area contributed by atoms with Gasteiger partial charge in [-0.05, 0) is 25.0 Å². The summed E-state index contributed by atoms with van der Waals surface area (Å²) in [5.41, 5.74) is 6.75. The molecular weight excluding hydrogens is 256 g/mol. The lowest BCUT2D eigenvalue weighted by molar-refractivity contribution is 0.0883. The summed E-state index contributed by atoms with van der Waals surface area (Å²) in [4.78, 5) is 12.1. The van der Waals surface area contributed by atoms with Gasteiger partial charge in [0.1, 0.15) is 0 Å². The molecule has 1 aromatic carbocycles. The largest absolute Gasteiger partial charge is 0.491 e. The van der Waals surface area contributed by atoms with Gasteiger partial charge in [0, 0.05) is 13.2 Å². The highest BCUT2D eigenvalue weighted by Crippen LogP contribution is 2.26. The van der Waals surface area contributed by atoms with Gasteiger partial charge in [0.2, 0.25) is 0 Å². The summed E-state index contributed by atoms with van der Waals surface area (Å²) in [5, 5.41) is 2.80. The van der Waals surface area contributed by atoms with Crippen LogP contribution >= 0.6 is 0 Å². The molecule has 0 fully saturated rings. The van der Waals surface area contributed by atoms with Crippen LogP contribution in [0.3, 0.4) is 0 Å². The van der Waals surface area contributed by atoms with Crippen molar-refractivity contribution in [2.75, 3.05) is 32.1 Å². The van der Waals surface area contributed by atoms with Crippen molar-refractivity contribution in [2.24, 2.45) is 5.92 Å². The van der Waals surface area contributed by atoms with Gasteiger partial charge < -0.3 is 20.5 Å². The van der Waals surface area contributed by atoms with Gasteiger partial charge in [0.05, 0.1) is 24.5 Å². The molecule has 0 saturated carbocycles. The molecule has 0 bridgehead atoms. The predicted octanol–water partition coefficient (Wildman–Crippen LogP) is 2.07. The van der Waals surface area contributed by atoms with Gasteiger partial charge in [-0.25, -0.2) is 0 Å². The van der Waals surface area contributed by atoms with E-state index in [1.165, 1.54) is 0 Å². The first-order valence-electron chi connectivity index (χ1n) is 6.93. The van der Waals surface area contributed by atoms with Gasteiger partial charge in [-0.1, -0.05) is 19.9 Å². The van der Waals surface area contributed by atoms with Crippen molar-refractivity contribution in [3.63, 3.8) is 0 Å². The van der Waals surface area contributed by atoms with Crippen LogP contribution in [0.2, 0.25) is 0 Å². The minimum Gasteiger partial charge on any atom is -0.491 e. The van der Waals surface area contributed by atoms with Crippen LogP contribution in [-0.2, 0) is 4.74 Å². The summed E-state index contributed by atoms with van der Waals surface area (Å²) in [5.74, 6) is 0.730. The summed E-state index contributed by atoms with van der Waals surface area (Å²) >= 11 is 0. The first-order chi connectivity index (χ1) is 9.56. The van der Waals surface area contributed by atoms with Crippen LogP contribution in [0.4, 0.5) is 5.69 Å². The summed E-state index contributed by atoms with van der Waals surface area (Å²) in [6.07, 6.45) is 0. The first kappa shape index (κ1) is 16.3. The van der Waals surface area contributed by atoms with Gasteiger partial charge in [-0.3, -0.25) is 4.79 Å². The van der Waals surface area contributed by atoms with E-state index in [4.69, 9.17) is 15.2 Å². The van der Waals surface area contributed by atoms with Gasteiger partial charge in [0.25, 0.3) is 5.91 Å². The first-order valence-corrected chi connectivity index (χ1v) is 6.93. The fourth-order valence-corrected chi connectivity index (χ4v) is 1.69. The van der Waals surface area contributed by atoms with Gasteiger partial charge in [-0.15, -0.1) is 0 Å². The number of nitrogens with one attached hydrogen (secondary N) is 1. The zero-order chi connectivity index (χ0) is 15.0. The zero-order valence-electron chi connectivity index (χ0n) is 12.4. The Balaban J connectivity index is 2.53. The van der Waals surface area contributed by atoms with Crippen LogP contribution in [0.15, 0.2) is 18.2 Å². The number of hydrogen-bond acceptors (Lipinski definition) is 4.